The largest absolute Gasteiger partial charge is 0.379 e. The lowest BCUT2D eigenvalue weighted by atomic mass is 10.1. The van der Waals surface area contributed by atoms with Crippen LogP contribution in [0.3, 0.4) is 0 Å². The SMILES string of the molecule is Cc1noc(C)c1C(=O)N1C[C@@H]2COC[C@H](C1)N(C/C=C/c1ccccc1)C2. The number of hydrogen-bond donors (Lipinski definition) is 0. The minimum Gasteiger partial charge on any atom is -0.379 e. The smallest absolute Gasteiger partial charge is 0.259 e. The first-order valence-electron chi connectivity index (χ1n) is 9.87. The summed E-state index contributed by atoms with van der Waals surface area (Å²) >= 11 is 0. The fourth-order valence-electron chi connectivity index (χ4n) is 4.15. The van der Waals surface area contributed by atoms with Gasteiger partial charge in [-0.1, -0.05) is 47.6 Å². The van der Waals surface area contributed by atoms with Crippen molar-refractivity contribution in [2.75, 3.05) is 39.4 Å². The van der Waals surface area contributed by atoms with Crippen molar-refractivity contribution in [3.8, 4) is 0 Å². The fraction of sp³-hybridized carbons (Fsp3) is 0.455. The molecule has 3 heterocycles. The van der Waals surface area contributed by atoms with Crippen LogP contribution in [0.2, 0.25) is 0 Å². The minimum atomic E-state index is 0.0230. The van der Waals surface area contributed by atoms with E-state index in [0.717, 1.165) is 13.1 Å². The Kier molecular flexibility index (Phi) is 5.59. The molecule has 6 nitrogen and oxygen atoms in total. The molecule has 0 saturated carbocycles. The van der Waals surface area contributed by atoms with Crippen molar-refractivity contribution in [2.45, 2.75) is 19.9 Å². The van der Waals surface area contributed by atoms with Gasteiger partial charge in [0, 0.05) is 32.1 Å². The summed E-state index contributed by atoms with van der Waals surface area (Å²) in [5, 5.41) is 3.95. The molecule has 6 heteroatoms. The molecule has 148 valence electrons. The number of carbonyl (C=O) groups excluding carboxylic acids is 1. The molecular formula is C22H27N3O3. The number of benzene rings is 1. The monoisotopic (exact) mass is 381 g/mol. The zero-order chi connectivity index (χ0) is 19.5. The van der Waals surface area contributed by atoms with Crippen LogP contribution in [-0.4, -0.2) is 66.3 Å². The number of aryl methyl sites for hydroxylation is 2. The van der Waals surface area contributed by atoms with Crippen LogP contribution in [0.15, 0.2) is 40.9 Å². The average molecular weight is 381 g/mol. The zero-order valence-electron chi connectivity index (χ0n) is 16.5. The van der Waals surface area contributed by atoms with Crippen LogP contribution < -0.4 is 0 Å². The molecule has 0 aliphatic carbocycles. The van der Waals surface area contributed by atoms with Crippen LogP contribution in [0.4, 0.5) is 0 Å². The normalized spacial score (nSPS) is 23.1. The Balaban J connectivity index is 1.48. The number of carbonyl (C=O) groups is 1. The molecule has 2 aliphatic heterocycles. The summed E-state index contributed by atoms with van der Waals surface area (Å²) < 4.78 is 11.1. The summed E-state index contributed by atoms with van der Waals surface area (Å²) in [7, 11) is 0. The van der Waals surface area contributed by atoms with Crippen molar-refractivity contribution in [1.82, 2.24) is 15.0 Å². The molecule has 4 rings (SSSR count). The lowest BCUT2D eigenvalue weighted by Crippen LogP contribution is -2.46. The van der Waals surface area contributed by atoms with E-state index in [9.17, 15) is 4.79 Å². The van der Waals surface area contributed by atoms with Gasteiger partial charge in [-0.05, 0) is 19.4 Å². The third kappa shape index (κ3) is 4.03. The molecule has 2 aromatic rings. The average Bonchev–Trinajstić information content (AvgIpc) is 2.84. The second-order valence-electron chi connectivity index (χ2n) is 7.73. The Morgan fingerprint density at radius 1 is 1.18 bits per heavy atom. The van der Waals surface area contributed by atoms with Crippen molar-refractivity contribution in [3.63, 3.8) is 0 Å². The highest BCUT2D eigenvalue weighted by atomic mass is 16.5. The van der Waals surface area contributed by atoms with Crippen molar-refractivity contribution in [3.05, 3.63) is 59.0 Å². The summed E-state index contributed by atoms with van der Waals surface area (Å²) in [5.74, 6) is 0.924. The van der Waals surface area contributed by atoms with Gasteiger partial charge in [-0.25, -0.2) is 0 Å². The highest BCUT2D eigenvalue weighted by molar-refractivity contribution is 5.96. The van der Waals surface area contributed by atoms with E-state index in [4.69, 9.17) is 9.26 Å². The molecule has 2 bridgehead atoms. The van der Waals surface area contributed by atoms with Crippen molar-refractivity contribution in [2.24, 2.45) is 5.92 Å². The molecule has 1 amide bonds. The van der Waals surface area contributed by atoms with Crippen LogP contribution in [0.5, 0.6) is 0 Å². The first-order chi connectivity index (χ1) is 13.6. The first-order valence-corrected chi connectivity index (χ1v) is 9.87. The van der Waals surface area contributed by atoms with Gasteiger partial charge in [-0.2, -0.15) is 0 Å². The zero-order valence-corrected chi connectivity index (χ0v) is 16.5. The number of aromatic nitrogens is 1. The van der Waals surface area contributed by atoms with Crippen LogP contribution >= 0.6 is 0 Å². The van der Waals surface area contributed by atoms with Gasteiger partial charge in [-0.15, -0.1) is 0 Å². The summed E-state index contributed by atoms with van der Waals surface area (Å²) in [4.78, 5) is 17.6. The quantitative estimate of drug-likeness (QED) is 0.815. The third-order valence-electron chi connectivity index (χ3n) is 5.57. The number of nitrogens with zero attached hydrogens (tertiary/aromatic N) is 3. The number of amides is 1. The highest BCUT2D eigenvalue weighted by Crippen LogP contribution is 2.23. The molecule has 0 spiro atoms. The molecule has 0 unspecified atom stereocenters. The lowest BCUT2D eigenvalue weighted by molar-refractivity contribution is 0.0422. The summed E-state index contributed by atoms with van der Waals surface area (Å²) in [6, 6.07) is 10.5. The predicted octanol–water partition coefficient (Wildman–Crippen LogP) is 2.78. The fourth-order valence-corrected chi connectivity index (χ4v) is 4.15. The maximum Gasteiger partial charge on any atom is 0.259 e. The van der Waals surface area contributed by atoms with Crippen molar-refractivity contribution in [1.29, 1.82) is 0 Å². The summed E-state index contributed by atoms with van der Waals surface area (Å²) in [5.41, 5.74) is 2.47. The molecule has 1 aromatic heterocycles. The predicted molar refractivity (Wildman–Crippen MR) is 107 cm³/mol. The summed E-state index contributed by atoms with van der Waals surface area (Å²) in [6.07, 6.45) is 4.36. The van der Waals surface area contributed by atoms with E-state index >= 15 is 0 Å². The van der Waals surface area contributed by atoms with E-state index in [0.29, 0.717) is 49.2 Å². The highest BCUT2D eigenvalue weighted by Gasteiger charge is 2.36. The van der Waals surface area contributed by atoms with Crippen LogP contribution in [0, 0.1) is 19.8 Å². The van der Waals surface area contributed by atoms with Crippen LogP contribution in [-0.2, 0) is 4.74 Å². The molecule has 1 aromatic carbocycles. The maximum atomic E-state index is 13.1. The van der Waals surface area contributed by atoms with Gasteiger partial charge in [0.1, 0.15) is 11.3 Å². The number of rotatable bonds is 4. The number of hydrogen-bond acceptors (Lipinski definition) is 5. The maximum absolute atomic E-state index is 13.1. The standard InChI is InChI=1S/C22H27N3O3/c1-16-21(17(2)28-23-16)22(26)25-12-19-11-24(20(13-25)15-27-14-19)10-6-9-18-7-4-3-5-8-18/h3-9,19-20H,10-15H2,1-2H3/b9-6+/t19-,20+/m1/s1. The van der Waals surface area contributed by atoms with E-state index in [-0.39, 0.29) is 11.9 Å². The van der Waals surface area contributed by atoms with Crippen LogP contribution in [0.25, 0.3) is 6.08 Å². The molecule has 0 radical (unpaired) electrons. The topological polar surface area (TPSA) is 58.8 Å². The molecule has 2 atom stereocenters. The number of ether oxygens (including phenoxy) is 1. The van der Waals surface area contributed by atoms with E-state index in [1.54, 1.807) is 6.92 Å². The van der Waals surface area contributed by atoms with Gasteiger partial charge < -0.3 is 14.2 Å². The van der Waals surface area contributed by atoms with Gasteiger partial charge in [-0.3, -0.25) is 9.69 Å². The number of fused-ring (bicyclic) bond motifs is 3. The Hall–Kier alpha value is -2.44. The second kappa shape index (κ2) is 8.29. The Morgan fingerprint density at radius 2 is 2.00 bits per heavy atom. The summed E-state index contributed by atoms with van der Waals surface area (Å²) in [6.45, 7) is 8.14. The van der Waals surface area contributed by atoms with Crippen molar-refractivity contribution >= 4 is 12.0 Å². The second-order valence-corrected chi connectivity index (χ2v) is 7.73. The van der Waals surface area contributed by atoms with E-state index in [1.807, 2.05) is 30.0 Å². The molecular weight excluding hydrogens is 354 g/mol. The molecule has 0 N–H and O–H groups in total. The van der Waals surface area contributed by atoms with Crippen LogP contribution in [0.1, 0.15) is 27.4 Å². The van der Waals surface area contributed by atoms with Gasteiger partial charge >= 0.3 is 0 Å². The third-order valence-corrected chi connectivity index (χ3v) is 5.57. The molecule has 2 fully saturated rings. The molecule has 2 saturated heterocycles. The first kappa shape index (κ1) is 18.9. The van der Waals surface area contributed by atoms with Gasteiger partial charge in [0.25, 0.3) is 5.91 Å². The Bertz CT molecular complexity index is 826. The van der Waals surface area contributed by atoms with Gasteiger partial charge in [0.15, 0.2) is 0 Å². The lowest BCUT2D eigenvalue weighted by Gasteiger charge is -2.30. The Morgan fingerprint density at radius 3 is 2.75 bits per heavy atom. The van der Waals surface area contributed by atoms with Gasteiger partial charge in [0.05, 0.1) is 24.9 Å². The van der Waals surface area contributed by atoms with Gasteiger partial charge in [0.2, 0.25) is 0 Å². The minimum absolute atomic E-state index is 0.0230. The van der Waals surface area contributed by atoms with E-state index in [1.165, 1.54) is 5.56 Å². The van der Waals surface area contributed by atoms with E-state index < -0.39 is 0 Å². The molecule has 28 heavy (non-hydrogen) atoms. The van der Waals surface area contributed by atoms with Crippen molar-refractivity contribution < 1.29 is 14.1 Å². The van der Waals surface area contributed by atoms with E-state index in [2.05, 4.69) is 34.3 Å². The Labute approximate surface area is 165 Å². The molecule has 2 aliphatic rings.